The van der Waals surface area contributed by atoms with Crippen LogP contribution >= 0.6 is 0 Å². The molecule has 0 spiro atoms. The van der Waals surface area contributed by atoms with Crippen LogP contribution in [0.1, 0.15) is 77.0 Å². The van der Waals surface area contributed by atoms with E-state index in [-0.39, 0.29) is 54.9 Å². The molecule has 1 aliphatic carbocycles. The number of carbonyl (C=O) groups is 5. The zero-order valence-corrected chi connectivity index (χ0v) is 28.2. The number of aryl methyl sites for hydroxylation is 2. The molecule has 5 amide bonds. The van der Waals surface area contributed by atoms with Crippen molar-refractivity contribution in [3.8, 4) is 5.88 Å². The van der Waals surface area contributed by atoms with Gasteiger partial charge in [0.2, 0.25) is 23.6 Å². The molecule has 0 fully saturated rings. The molecule has 1 aromatic carbocycles. The molecule has 14 nitrogen and oxygen atoms in total. The Labute approximate surface area is 284 Å². The summed E-state index contributed by atoms with van der Waals surface area (Å²) in [6, 6.07) is 9.45. The highest BCUT2D eigenvalue weighted by Crippen LogP contribution is 2.28. The summed E-state index contributed by atoms with van der Waals surface area (Å²) in [6.45, 7) is 5.29. The Morgan fingerprint density at radius 3 is 2.49 bits per heavy atom. The van der Waals surface area contributed by atoms with Crippen LogP contribution in [0.5, 0.6) is 5.88 Å². The minimum absolute atomic E-state index is 0.0248. The molecule has 3 heterocycles. The first kappa shape index (κ1) is 35.0. The van der Waals surface area contributed by atoms with Gasteiger partial charge in [0.15, 0.2) is 11.5 Å². The van der Waals surface area contributed by atoms with Crippen LogP contribution in [-0.4, -0.2) is 82.9 Å². The number of methoxy groups -OCH3 is 1. The topological polar surface area (TPSA) is 185 Å². The number of hydrogen-bond donors (Lipinski definition) is 4. The molecule has 260 valence electrons. The van der Waals surface area contributed by atoms with E-state index in [4.69, 9.17) is 9.26 Å². The zero-order valence-electron chi connectivity index (χ0n) is 28.2. The van der Waals surface area contributed by atoms with E-state index < -0.39 is 47.7 Å². The number of nitrogens with one attached hydrogen (secondary N) is 4. The first-order valence-corrected chi connectivity index (χ1v) is 16.6. The number of benzene rings is 1. The summed E-state index contributed by atoms with van der Waals surface area (Å²) in [6.07, 6.45) is 3.02. The Morgan fingerprint density at radius 2 is 1.76 bits per heavy atom. The smallest absolute Gasteiger partial charge is 0.274 e. The molecule has 2 aromatic heterocycles. The van der Waals surface area contributed by atoms with Crippen molar-refractivity contribution in [3.05, 3.63) is 76.3 Å². The molecule has 0 radical (unpaired) electrons. The summed E-state index contributed by atoms with van der Waals surface area (Å²) in [5.74, 6) is -2.23. The van der Waals surface area contributed by atoms with Crippen LogP contribution in [0.3, 0.4) is 0 Å². The fraction of sp³-hybridized carbons (Fsp3) is 0.457. The lowest BCUT2D eigenvalue weighted by molar-refractivity contribution is -0.132. The lowest BCUT2D eigenvalue weighted by Crippen LogP contribution is -2.57. The number of ether oxygens (including phenoxy) is 1. The van der Waals surface area contributed by atoms with Gasteiger partial charge >= 0.3 is 0 Å². The Morgan fingerprint density at radius 1 is 1.00 bits per heavy atom. The minimum atomic E-state index is -1.03. The summed E-state index contributed by atoms with van der Waals surface area (Å²) in [7, 11) is 1.45. The second-order valence-corrected chi connectivity index (χ2v) is 12.8. The molecule has 2 aliphatic rings. The summed E-state index contributed by atoms with van der Waals surface area (Å²) in [4.78, 5) is 73.7. The first-order chi connectivity index (χ1) is 23.5. The second-order valence-electron chi connectivity index (χ2n) is 12.8. The molecule has 0 unspecified atom stereocenters. The Balaban J connectivity index is 1.46. The monoisotopic (exact) mass is 673 g/mol. The Kier molecular flexibility index (Phi) is 11.3. The summed E-state index contributed by atoms with van der Waals surface area (Å²) in [5, 5.41) is 14.9. The molecule has 4 N–H and O–H groups in total. The largest absolute Gasteiger partial charge is 0.480 e. The van der Waals surface area contributed by atoms with E-state index in [0.29, 0.717) is 6.42 Å². The molecule has 5 rings (SSSR count). The third-order valence-electron chi connectivity index (χ3n) is 8.54. The van der Waals surface area contributed by atoms with E-state index in [1.165, 1.54) is 25.0 Å². The van der Waals surface area contributed by atoms with Crippen molar-refractivity contribution in [2.45, 2.75) is 77.5 Å². The van der Waals surface area contributed by atoms with Crippen LogP contribution < -0.4 is 26.0 Å². The lowest BCUT2D eigenvalue weighted by Gasteiger charge is -2.26. The van der Waals surface area contributed by atoms with Crippen molar-refractivity contribution in [2.24, 2.45) is 5.92 Å². The van der Waals surface area contributed by atoms with Gasteiger partial charge in [0.25, 0.3) is 11.8 Å². The van der Waals surface area contributed by atoms with E-state index in [9.17, 15) is 24.0 Å². The third kappa shape index (κ3) is 8.80. The number of nitrogens with zero attached hydrogens (tertiary/aromatic N) is 3. The third-order valence-corrected chi connectivity index (χ3v) is 8.54. The van der Waals surface area contributed by atoms with E-state index in [1.54, 1.807) is 6.07 Å². The van der Waals surface area contributed by atoms with Crippen molar-refractivity contribution in [1.29, 1.82) is 0 Å². The molecule has 0 saturated carbocycles. The molecule has 14 heteroatoms. The van der Waals surface area contributed by atoms with Gasteiger partial charge in [0.1, 0.15) is 23.7 Å². The van der Waals surface area contributed by atoms with Gasteiger partial charge in [-0.15, -0.1) is 0 Å². The van der Waals surface area contributed by atoms with Crippen molar-refractivity contribution >= 4 is 29.5 Å². The maximum absolute atomic E-state index is 14.1. The van der Waals surface area contributed by atoms with Gasteiger partial charge in [-0.2, -0.15) is 0 Å². The molecule has 0 saturated heterocycles. The van der Waals surface area contributed by atoms with Crippen molar-refractivity contribution < 1.29 is 33.2 Å². The van der Waals surface area contributed by atoms with Gasteiger partial charge in [-0.05, 0) is 55.7 Å². The molecule has 3 atom stereocenters. The fourth-order valence-corrected chi connectivity index (χ4v) is 5.97. The van der Waals surface area contributed by atoms with E-state index in [0.717, 1.165) is 36.1 Å². The number of aromatic nitrogens is 2. The molecule has 49 heavy (non-hydrogen) atoms. The van der Waals surface area contributed by atoms with Crippen LogP contribution in [-0.2, 0) is 40.2 Å². The minimum Gasteiger partial charge on any atom is -0.480 e. The lowest BCUT2D eigenvalue weighted by atomic mass is 10.0. The van der Waals surface area contributed by atoms with Crippen LogP contribution in [0.15, 0.2) is 47.0 Å². The maximum atomic E-state index is 14.1. The van der Waals surface area contributed by atoms with Crippen molar-refractivity contribution in [2.75, 3.05) is 20.2 Å². The molecule has 2 bridgehead atoms. The predicted octanol–water partition coefficient (Wildman–Crippen LogP) is 1.72. The quantitative estimate of drug-likeness (QED) is 0.303. The molecular formula is C35H43N7O7. The molecular weight excluding hydrogens is 630 g/mol. The van der Waals surface area contributed by atoms with Gasteiger partial charge in [0, 0.05) is 31.3 Å². The molecule has 3 aromatic rings. The van der Waals surface area contributed by atoms with E-state index in [2.05, 4.69) is 31.4 Å². The maximum Gasteiger partial charge on any atom is 0.274 e. The number of pyridine rings is 1. The molecule has 1 aliphatic heterocycles. The highest BCUT2D eigenvalue weighted by atomic mass is 16.5. The summed E-state index contributed by atoms with van der Waals surface area (Å²) < 4.78 is 10.9. The average molecular weight is 674 g/mol. The van der Waals surface area contributed by atoms with Crippen molar-refractivity contribution in [1.82, 2.24) is 36.3 Å². The van der Waals surface area contributed by atoms with Gasteiger partial charge in [-0.1, -0.05) is 49.3 Å². The van der Waals surface area contributed by atoms with Crippen LogP contribution in [0.25, 0.3) is 0 Å². The van der Waals surface area contributed by atoms with Gasteiger partial charge in [-0.25, -0.2) is 4.98 Å². The van der Waals surface area contributed by atoms with E-state index >= 15 is 0 Å². The first-order valence-electron chi connectivity index (χ1n) is 16.6. The van der Waals surface area contributed by atoms with Crippen LogP contribution in [0, 0.1) is 5.92 Å². The number of fused-ring (bicyclic) bond motifs is 3. The average Bonchev–Trinajstić information content (AvgIpc) is 3.75. The van der Waals surface area contributed by atoms with Gasteiger partial charge < -0.3 is 35.4 Å². The second kappa shape index (κ2) is 15.8. The van der Waals surface area contributed by atoms with Gasteiger partial charge in [0.05, 0.1) is 13.7 Å². The van der Waals surface area contributed by atoms with Gasteiger partial charge in [-0.3, -0.25) is 24.0 Å². The summed E-state index contributed by atoms with van der Waals surface area (Å²) >= 11 is 0. The highest BCUT2D eigenvalue weighted by molar-refractivity contribution is 5.98. The zero-order chi connectivity index (χ0) is 35.1. The predicted molar refractivity (Wildman–Crippen MR) is 177 cm³/mol. The fourth-order valence-electron chi connectivity index (χ4n) is 5.97. The number of amides is 5. The number of hydrogen-bond acceptors (Lipinski definition) is 9. The Bertz CT molecular complexity index is 1690. The van der Waals surface area contributed by atoms with Crippen molar-refractivity contribution in [3.63, 3.8) is 0 Å². The van der Waals surface area contributed by atoms with E-state index in [1.807, 2.05) is 44.2 Å². The number of rotatable bonds is 6. The highest BCUT2D eigenvalue weighted by Gasteiger charge is 2.31. The van der Waals surface area contributed by atoms with Crippen LogP contribution in [0.4, 0.5) is 0 Å². The Hall–Kier alpha value is -5.27. The van der Waals surface area contributed by atoms with Crippen LogP contribution in [0.2, 0.25) is 0 Å². The SMILES string of the molecule is COc1nc2c(cc1C(=O)N1CCNC(=O)[C@@H](Cc3ccccc3)NC(=O)[C@@H](CC(C)C)NC(=O)[C@@H](C)NC(=O)c3cc(on3)C1)CCC2. The standard InChI is InChI=1S/C35H43N7O7/c1-20(2)15-27-32(45)39-28(16-22-9-6-5-7-10-22)31(44)36-13-14-42(35(47)25-17-23-11-8-12-26(23)40-34(25)48-4)19-24-18-29(41-49-24)33(46)37-21(3)30(43)38-27/h5-7,9-10,17-18,20-21,27-28H,8,11-16,19H2,1-4H3,(H,36,44)(H,37,46)(H,38,43)(H,39,45)/t21-,27-,28-/m1/s1. The number of carbonyl (C=O) groups excluding carboxylic acids is 5. The normalized spacial score (nSPS) is 20.8. The summed E-state index contributed by atoms with van der Waals surface area (Å²) in [5.41, 5.74) is 2.87.